The summed E-state index contributed by atoms with van der Waals surface area (Å²) < 4.78 is 9.66. The summed E-state index contributed by atoms with van der Waals surface area (Å²) in [4.78, 5) is 42.5. The molecule has 0 amide bonds. The van der Waals surface area contributed by atoms with Crippen molar-refractivity contribution in [1.82, 2.24) is 49.0 Å². The van der Waals surface area contributed by atoms with Crippen LogP contribution >= 0.6 is 22.7 Å². The molecule has 26 aromatic rings. The topological polar surface area (TPSA) is 113 Å². The number of aromatic nitrogens is 10. The minimum absolute atomic E-state index is 0.546. The zero-order valence-electron chi connectivity index (χ0n) is 73.3. The molecule has 0 bridgehead atoms. The molecule has 0 aliphatic carbocycles. The number of nitrogens with zero attached hydrogens (tertiary/aromatic N) is 10. The van der Waals surface area contributed by atoms with Gasteiger partial charge in [-0.05, 0) is 110 Å². The predicted octanol–water partition coefficient (Wildman–Crippen LogP) is 32.8. The molecule has 18 aromatic carbocycles. The number of benzene rings is 18. The zero-order valence-corrected chi connectivity index (χ0v) is 75.0. The zero-order chi connectivity index (χ0) is 89.9. The van der Waals surface area contributed by atoms with Crippen molar-refractivity contribution in [3.8, 4) is 169 Å². The maximum Gasteiger partial charge on any atom is 0.166 e. The van der Waals surface area contributed by atoms with Crippen molar-refractivity contribution in [3.63, 3.8) is 0 Å². The van der Waals surface area contributed by atoms with Crippen LogP contribution in [0.4, 0.5) is 0 Å². The quantitative estimate of drug-likeness (QED) is 0.0940. The van der Waals surface area contributed by atoms with Crippen molar-refractivity contribution >= 4 is 107 Å². The third-order valence-corrected chi connectivity index (χ3v) is 28.3. The highest BCUT2D eigenvalue weighted by molar-refractivity contribution is 7.27. The second kappa shape index (κ2) is 34.6. The highest BCUT2D eigenvalue weighted by Crippen LogP contribution is 2.52. The number of thiophene rings is 2. The van der Waals surface area contributed by atoms with E-state index in [2.05, 4.69) is 397 Å². The van der Waals surface area contributed by atoms with Crippen LogP contribution in [0.1, 0.15) is 0 Å². The first kappa shape index (κ1) is 80.4. The summed E-state index contributed by atoms with van der Waals surface area (Å²) in [5.41, 5.74) is 29.0. The Morgan fingerprint density at radius 1 is 0.176 bits per heavy atom. The van der Waals surface area contributed by atoms with Crippen LogP contribution in [0.3, 0.4) is 0 Å². The Bertz CT molecular complexity index is 8820. The summed E-state index contributed by atoms with van der Waals surface area (Å²) in [5, 5.41) is 9.77. The van der Waals surface area contributed by atoms with Gasteiger partial charge < -0.3 is 9.13 Å². The first-order valence-corrected chi connectivity index (χ1v) is 47.2. The lowest BCUT2D eigenvalue weighted by molar-refractivity contribution is 1.07. The molecule has 0 aliphatic heterocycles. The molecule has 0 fully saturated rings. The normalized spacial score (nSPS) is 11.5. The van der Waals surface area contributed by atoms with E-state index in [-0.39, 0.29) is 0 Å². The fourth-order valence-corrected chi connectivity index (χ4v) is 22.2. The molecule has 636 valence electrons. The maximum atomic E-state index is 5.56. The van der Waals surface area contributed by atoms with E-state index in [9.17, 15) is 0 Å². The summed E-state index contributed by atoms with van der Waals surface area (Å²) in [6.45, 7) is 0. The Hall–Kier alpha value is -17.7. The van der Waals surface area contributed by atoms with Gasteiger partial charge in [0.05, 0.1) is 42.9 Å². The predicted molar refractivity (Wildman–Crippen MR) is 566 cm³/mol. The third-order valence-electron chi connectivity index (χ3n) is 25.8. The number of hydrogen-bond acceptors (Lipinski definition) is 10. The van der Waals surface area contributed by atoms with Gasteiger partial charge in [0, 0.05) is 132 Å². The van der Waals surface area contributed by atoms with Crippen molar-refractivity contribution in [3.05, 3.63) is 473 Å². The van der Waals surface area contributed by atoms with Gasteiger partial charge in [-0.2, -0.15) is 0 Å². The van der Waals surface area contributed by atoms with E-state index in [4.69, 9.17) is 39.9 Å². The van der Waals surface area contributed by atoms with Gasteiger partial charge in [-0.15, -0.1) is 22.7 Å². The summed E-state index contributed by atoms with van der Waals surface area (Å²) in [7, 11) is 0. The smallest absolute Gasteiger partial charge is 0.166 e. The van der Waals surface area contributed by atoms with Crippen molar-refractivity contribution in [2.45, 2.75) is 0 Å². The number of fused-ring (bicyclic) bond motifs is 14. The van der Waals surface area contributed by atoms with E-state index >= 15 is 0 Å². The second-order valence-electron chi connectivity index (χ2n) is 33.9. The first-order valence-electron chi connectivity index (χ1n) is 45.6. The fraction of sp³-hybridized carbons (Fsp3) is 0. The summed E-state index contributed by atoms with van der Waals surface area (Å²) in [5.74, 6) is 3.47. The summed E-state index contributed by atoms with van der Waals surface area (Å²) >= 11 is 3.66. The van der Waals surface area contributed by atoms with Crippen LogP contribution in [0.2, 0.25) is 0 Å². The average Bonchev–Trinajstić information content (AvgIpc) is 1.55. The molecule has 0 aliphatic rings. The van der Waals surface area contributed by atoms with E-state index in [1.165, 1.54) is 79.3 Å². The third kappa shape index (κ3) is 14.4. The van der Waals surface area contributed by atoms with Gasteiger partial charge in [0.15, 0.2) is 34.9 Å². The molecule has 0 saturated carbocycles. The Kier molecular flexibility index (Phi) is 20.4. The lowest BCUT2D eigenvalue weighted by Crippen LogP contribution is -2.02. The summed E-state index contributed by atoms with van der Waals surface area (Å²) in [6.07, 6.45) is 4.07. The minimum Gasteiger partial charge on any atom is -0.308 e. The molecular weight excluding hydrogens is 1690 g/mol. The van der Waals surface area contributed by atoms with Crippen molar-refractivity contribution in [1.29, 1.82) is 0 Å². The van der Waals surface area contributed by atoms with E-state index in [1.807, 2.05) is 108 Å². The summed E-state index contributed by atoms with van der Waals surface area (Å²) in [6, 6.07) is 162. The maximum absolute atomic E-state index is 5.56. The van der Waals surface area contributed by atoms with E-state index in [0.717, 1.165) is 139 Å². The first-order chi connectivity index (χ1) is 67.5. The molecule has 136 heavy (non-hydrogen) atoms. The highest BCUT2D eigenvalue weighted by Gasteiger charge is 2.29. The molecule has 8 aromatic heterocycles. The molecule has 0 unspecified atom stereocenters. The van der Waals surface area contributed by atoms with Crippen LogP contribution in [0.25, 0.3) is 253 Å². The van der Waals surface area contributed by atoms with Gasteiger partial charge in [0.25, 0.3) is 0 Å². The molecule has 0 saturated heterocycles. The van der Waals surface area contributed by atoms with E-state index in [1.54, 1.807) is 0 Å². The van der Waals surface area contributed by atoms with Crippen LogP contribution in [0.15, 0.2) is 473 Å². The lowest BCUT2D eigenvalue weighted by Gasteiger charge is -2.18. The van der Waals surface area contributed by atoms with Gasteiger partial charge >= 0.3 is 0 Å². The SMILES string of the molecule is c1ccc(-c2nc(-c3ccccc3)nc(-c3cc(-c4c(-c5ccccc5)cccc4-c4ccccc4)cnc3-c3ccc4c(c3)sc3c4ccc4c5ccccc5n(-c5ccccc5)c43)n2)cc1.c1ccc(-c2nc(-c3ccccc3)nc(-c3cc(-c4c(-c5ccccc5)cccc4-c4ccccc4)cnc3-c3cccc4c3sc3c4ccc4c5ccccc5n(-c5ccccc5)c43)n2)cc1. The van der Waals surface area contributed by atoms with Gasteiger partial charge in [-0.1, -0.05) is 406 Å². The highest BCUT2D eigenvalue weighted by atomic mass is 32.1. The van der Waals surface area contributed by atoms with Crippen LogP contribution in [-0.4, -0.2) is 49.0 Å². The Balaban J connectivity index is 0.000000145. The van der Waals surface area contributed by atoms with Gasteiger partial charge in [-0.25, -0.2) is 29.9 Å². The Morgan fingerprint density at radius 3 is 0.875 bits per heavy atom. The standard InChI is InChI=1S/2C62H39N5S/c1-6-20-40(21-7-1)46-31-18-32-47(41-22-8-2-9-23-41)55(46)44-38-53(62-65-60(42-24-10-3-11-25-42)64-61(66-62)43-26-12-4-13-27-43)56(63-39-44)52-34-19-33-50-51-37-36-49-48-30-16-17-35-54(48)67(45-28-14-5-15-29-45)57(49)59(51)68-58(50)52;1-6-19-40(20-7-1)47-30-18-31-48(41-21-8-2-9-22-41)56(47)45-37-53(62-65-60(42-23-10-3-11-24-42)64-61(66-62)43-25-12-4-13-26-43)57(63-39-45)44-33-34-50-52-36-35-51-49-29-16-17-32-54(49)67(46-27-14-5-15-28-46)58(51)59(52)68-55(50)38-44/h2*1-39H. The number of rotatable bonds is 16. The number of para-hydroxylation sites is 4. The molecule has 0 N–H and O–H groups in total. The minimum atomic E-state index is 0.546. The molecule has 26 rings (SSSR count). The van der Waals surface area contributed by atoms with Crippen LogP contribution in [0, 0.1) is 0 Å². The number of hydrogen-bond donors (Lipinski definition) is 0. The lowest BCUT2D eigenvalue weighted by atomic mass is 9.87. The van der Waals surface area contributed by atoms with E-state index in [0.29, 0.717) is 34.9 Å². The largest absolute Gasteiger partial charge is 0.308 e. The monoisotopic (exact) mass is 1770 g/mol. The average molecular weight is 1770 g/mol. The van der Waals surface area contributed by atoms with Crippen molar-refractivity contribution < 1.29 is 0 Å². The molecule has 12 heteroatoms. The molecule has 8 heterocycles. The van der Waals surface area contributed by atoms with Crippen LogP contribution in [0.5, 0.6) is 0 Å². The van der Waals surface area contributed by atoms with Gasteiger partial charge in [0.1, 0.15) is 0 Å². The second-order valence-corrected chi connectivity index (χ2v) is 36.0. The van der Waals surface area contributed by atoms with Crippen molar-refractivity contribution in [2.24, 2.45) is 0 Å². The van der Waals surface area contributed by atoms with E-state index < -0.39 is 0 Å². The van der Waals surface area contributed by atoms with Crippen molar-refractivity contribution in [2.75, 3.05) is 0 Å². The van der Waals surface area contributed by atoms with Gasteiger partial charge in [-0.3, -0.25) is 9.97 Å². The molecule has 0 radical (unpaired) electrons. The molecule has 0 spiro atoms. The van der Waals surface area contributed by atoms with Crippen LogP contribution in [-0.2, 0) is 0 Å². The molecule has 0 atom stereocenters. The Morgan fingerprint density at radius 2 is 0.471 bits per heavy atom. The fourth-order valence-electron chi connectivity index (χ4n) is 19.6. The van der Waals surface area contributed by atoms with Crippen LogP contribution < -0.4 is 0 Å². The molecular formula is C124H78N10S2. The molecule has 10 nitrogen and oxygen atoms in total. The van der Waals surface area contributed by atoms with Gasteiger partial charge in [0.2, 0.25) is 0 Å². The number of pyridine rings is 2. The Labute approximate surface area is 792 Å².